The molecule has 1 heterocycles. The highest BCUT2D eigenvalue weighted by Gasteiger charge is 2.25. The number of aliphatic imine (C=N–C) groups is 1. The normalized spacial score (nSPS) is 16.6. The van der Waals surface area contributed by atoms with E-state index < -0.39 is 0 Å². The van der Waals surface area contributed by atoms with Crippen LogP contribution in [0.15, 0.2) is 4.99 Å². The molecule has 0 aromatic heterocycles. The maximum Gasteiger partial charge on any atom is 0.229 e. The summed E-state index contributed by atoms with van der Waals surface area (Å²) in [4.78, 5) is 29.0. The van der Waals surface area contributed by atoms with Crippen molar-refractivity contribution in [1.82, 2.24) is 15.5 Å². The van der Waals surface area contributed by atoms with Crippen LogP contribution in [-0.2, 0) is 9.59 Å². The topological polar surface area (TPSA) is 73.8 Å². The highest BCUT2D eigenvalue weighted by Crippen LogP contribution is 2.12. The highest BCUT2D eigenvalue weighted by molar-refractivity contribution is 14.0. The summed E-state index contributed by atoms with van der Waals surface area (Å²) in [5, 5.41) is 6.53. The number of amides is 2. The Morgan fingerprint density at radius 1 is 1.21 bits per heavy atom. The molecule has 0 aromatic carbocycles. The van der Waals surface area contributed by atoms with Gasteiger partial charge in [0.1, 0.15) is 0 Å². The number of halogens is 1. The molecule has 2 N–H and O–H groups in total. The Kier molecular flexibility index (Phi) is 13.0. The Hall–Kier alpha value is -0.860. The van der Waals surface area contributed by atoms with E-state index in [1.807, 2.05) is 0 Å². The number of unbranched alkanes of at least 4 members (excludes halogenated alkanes) is 1. The van der Waals surface area contributed by atoms with Crippen molar-refractivity contribution in [2.24, 2.45) is 10.9 Å². The molecule has 0 radical (unpaired) electrons. The molecule has 2 amide bonds. The quantitative estimate of drug-likeness (QED) is 0.244. The Balaban J connectivity index is 0.00000529. The van der Waals surface area contributed by atoms with Gasteiger partial charge in [-0.3, -0.25) is 19.5 Å². The molecule has 1 aliphatic heterocycles. The zero-order chi connectivity index (χ0) is 17.1. The summed E-state index contributed by atoms with van der Waals surface area (Å²) in [6.45, 7) is 6.27. The number of nitrogens with zero attached hydrogens (tertiary/aromatic N) is 2. The number of guanidine groups is 1. The highest BCUT2D eigenvalue weighted by atomic mass is 127. The third-order valence-corrected chi connectivity index (χ3v) is 4.34. The standard InChI is InChI=1S/C17H32N4O2.HI/c1-4-6-8-14(5-2)13-20-17(18-3)19-11-12-21-15(22)9-7-10-16(21)23;/h14H,4-13H2,1-3H3,(H2,18,19,20);1H. The van der Waals surface area contributed by atoms with Crippen molar-refractivity contribution >= 4 is 41.8 Å². The Labute approximate surface area is 163 Å². The average Bonchev–Trinajstić information content (AvgIpc) is 2.55. The van der Waals surface area contributed by atoms with Crippen LogP contribution in [0.25, 0.3) is 0 Å². The molecule has 1 saturated heterocycles. The fraction of sp³-hybridized carbons (Fsp3) is 0.824. The number of piperidine rings is 1. The number of carbonyl (C=O) groups excluding carboxylic acids is 2. The van der Waals surface area contributed by atoms with Gasteiger partial charge < -0.3 is 10.6 Å². The Morgan fingerprint density at radius 3 is 2.42 bits per heavy atom. The van der Waals surface area contributed by atoms with E-state index in [0.717, 1.165) is 18.9 Å². The van der Waals surface area contributed by atoms with E-state index in [1.54, 1.807) is 7.05 Å². The average molecular weight is 452 g/mol. The number of hydrogen-bond acceptors (Lipinski definition) is 3. The van der Waals surface area contributed by atoms with Gasteiger partial charge in [-0.2, -0.15) is 0 Å². The van der Waals surface area contributed by atoms with Crippen LogP contribution in [0.5, 0.6) is 0 Å². The van der Waals surface area contributed by atoms with Gasteiger partial charge in [0.05, 0.1) is 0 Å². The molecule has 24 heavy (non-hydrogen) atoms. The third kappa shape index (κ3) is 8.30. The number of imide groups is 1. The van der Waals surface area contributed by atoms with Gasteiger partial charge in [0.15, 0.2) is 5.96 Å². The number of carbonyl (C=O) groups is 2. The van der Waals surface area contributed by atoms with Crippen molar-refractivity contribution in [3.63, 3.8) is 0 Å². The lowest BCUT2D eigenvalue weighted by Gasteiger charge is -2.25. The van der Waals surface area contributed by atoms with E-state index in [2.05, 4.69) is 29.5 Å². The molecule has 1 atom stereocenters. The molecule has 0 spiro atoms. The minimum atomic E-state index is -0.0587. The number of hydrogen-bond donors (Lipinski definition) is 2. The predicted octanol–water partition coefficient (Wildman–Crippen LogP) is 2.52. The SMILES string of the molecule is CCCCC(CC)CNC(=NC)NCCN1C(=O)CCCC1=O.I. The maximum absolute atomic E-state index is 11.7. The van der Waals surface area contributed by atoms with Gasteiger partial charge in [0.25, 0.3) is 0 Å². The molecular weight excluding hydrogens is 419 g/mol. The van der Waals surface area contributed by atoms with Crippen LogP contribution in [0.1, 0.15) is 58.8 Å². The fourth-order valence-electron chi connectivity index (χ4n) is 2.74. The van der Waals surface area contributed by atoms with E-state index in [9.17, 15) is 9.59 Å². The van der Waals surface area contributed by atoms with Crippen LogP contribution in [0, 0.1) is 5.92 Å². The van der Waals surface area contributed by atoms with Crippen molar-refractivity contribution in [3.05, 3.63) is 0 Å². The van der Waals surface area contributed by atoms with E-state index in [4.69, 9.17) is 0 Å². The van der Waals surface area contributed by atoms with Gasteiger partial charge in [-0.05, 0) is 18.8 Å². The number of likely N-dealkylation sites (tertiary alicyclic amines) is 1. The smallest absolute Gasteiger partial charge is 0.229 e. The molecule has 1 rings (SSSR count). The molecule has 140 valence electrons. The Morgan fingerprint density at radius 2 is 1.88 bits per heavy atom. The van der Waals surface area contributed by atoms with Crippen LogP contribution in [0.2, 0.25) is 0 Å². The molecule has 0 saturated carbocycles. The lowest BCUT2D eigenvalue weighted by molar-refractivity contribution is -0.147. The zero-order valence-corrected chi connectivity index (χ0v) is 17.6. The molecule has 1 unspecified atom stereocenters. The first-order valence-corrected chi connectivity index (χ1v) is 8.90. The van der Waals surface area contributed by atoms with Gasteiger partial charge in [-0.15, -0.1) is 24.0 Å². The monoisotopic (exact) mass is 452 g/mol. The van der Waals surface area contributed by atoms with Crippen LogP contribution in [0.4, 0.5) is 0 Å². The van der Waals surface area contributed by atoms with Crippen LogP contribution >= 0.6 is 24.0 Å². The molecule has 1 fully saturated rings. The van der Waals surface area contributed by atoms with Crippen LogP contribution in [0.3, 0.4) is 0 Å². The number of nitrogens with one attached hydrogen (secondary N) is 2. The number of rotatable bonds is 9. The molecule has 6 nitrogen and oxygen atoms in total. The lowest BCUT2D eigenvalue weighted by Crippen LogP contribution is -2.47. The largest absolute Gasteiger partial charge is 0.356 e. The summed E-state index contributed by atoms with van der Waals surface area (Å²) in [7, 11) is 1.74. The van der Waals surface area contributed by atoms with Crippen molar-refractivity contribution in [2.45, 2.75) is 58.8 Å². The van der Waals surface area contributed by atoms with Crippen molar-refractivity contribution < 1.29 is 9.59 Å². The first kappa shape index (κ1) is 23.1. The minimum absolute atomic E-state index is 0. The maximum atomic E-state index is 11.7. The molecular formula is C17H33IN4O2. The molecule has 0 aliphatic carbocycles. The van der Waals surface area contributed by atoms with Gasteiger partial charge >= 0.3 is 0 Å². The van der Waals surface area contributed by atoms with Crippen molar-refractivity contribution in [2.75, 3.05) is 26.7 Å². The minimum Gasteiger partial charge on any atom is -0.356 e. The first-order chi connectivity index (χ1) is 11.1. The van der Waals surface area contributed by atoms with E-state index in [1.165, 1.54) is 24.2 Å². The summed E-state index contributed by atoms with van der Waals surface area (Å²) in [6.07, 6.45) is 6.50. The zero-order valence-electron chi connectivity index (χ0n) is 15.3. The summed E-state index contributed by atoms with van der Waals surface area (Å²) in [5.74, 6) is 1.27. The Bertz CT molecular complexity index is 399. The first-order valence-electron chi connectivity index (χ1n) is 8.90. The summed E-state index contributed by atoms with van der Waals surface area (Å²) in [6, 6.07) is 0. The molecule has 1 aliphatic rings. The lowest BCUT2D eigenvalue weighted by atomic mass is 9.99. The molecule has 0 aromatic rings. The molecule has 0 bridgehead atoms. The van der Waals surface area contributed by atoms with Gasteiger partial charge in [-0.25, -0.2) is 0 Å². The van der Waals surface area contributed by atoms with Crippen molar-refractivity contribution in [3.8, 4) is 0 Å². The molecule has 7 heteroatoms. The van der Waals surface area contributed by atoms with Gasteiger partial charge in [0, 0.05) is 39.5 Å². The predicted molar refractivity (Wildman–Crippen MR) is 109 cm³/mol. The van der Waals surface area contributed by atoms with E-state index in [0.29, 0.717) is 38.3 Å². The summed E-state index contributed by atoms with van der Waals surface area (Å²) < 4.78 is 0. The fourth-order valence-corrected chi connectivity index (χ4v) is 2.74. The van der Waals surface area contributed by atoms with Crippen LogP contribution in [-0.4, -0.2) is 49.4 Å². The second kappa shape index (κ2) is 13.4. The van der Waals surface area contributed by atoms with E-state index in [-0.39, 0.29) is 35.8 Å². The van der Waals surface area contributed by atoms with E-state index >= 15 is 0 Å². The second-order valence-corrected chi connectivity index (χ2v) is 6.09. The van der Waals surface area contributed by atoms with Crippen LogP contribution < -0.4 is 10.6 Å². The summed E-state index contributed by atoms with van der Waals surface area (Å²) >= 11 is 0. The summed E-state index contributed by atoms with van der Waals surface area (Å²) in [5.41, 5.74) is 0. The third-order valence-electron chi connectivity index (χ3n) is 4.34. The second-order valence-electron chi connectivity index (χ2n) is 6.09. The van der Waals surface area contributed by atoms with Gasteiger partial charge in [-0.1, -0.05) is 33.1 Å². The van der Waals surface area contributed by atoms with Gasteiger partial charge in [0.2, 0.25) is 11.8 Å². The van der Waals surface area contributed by atoms with Crippen molar-refractivity contribution in [1.29, 1.82) is 0 Å².